The third kappa shape index (κ3) is 3.42. The molecule has 0 amide bonds. The van der Waals surface area contributed by atoms with Gasteiger partial charge in [0, 0.05) is 10.7 Å². The highest BCUT2D eigenvalue weighted by Crippen LogP contribution is 2.38. The van der Waals surface area contributed by atoms with Gasteiger partial charge in [-0.2, -0.15) is 5.26 Å². The van der Waals surface area contributed by atoms with Crippen LogP contribution in [0.2, 0.25) is 5.02 Å². The van der Waals surface area contributed by atoms with Crippen LogP contribution in [0.1, 0.15) is 39.5 Å². The van der Waals surface area contributed by atoms with Crippen molar-refractivity contribution in [1.29, 1.82) is 5.26 Å². The van der Waals surface area contributed by atoms with Crippen LogP contribution in [0.25, 0.3) is 0 Å². The molecule has 3 heteroatoms. The number of benzene rings is 1. The average Bonchev–Trinajstić information content (AvgIpc) is 2.39. The van der Waals surface area contributed by atoms with E-state index in [1.165, 1.54) is 6.42 Å². The number of nitriles is 1. The zero-order chi connectivity index (χ0) is 13.9. The van der Waals surface area contributed by atoms with Gasteiger partial charge in [-0.15, -0.1) is 0 Å². The van der Waals surface area contributed by atoms with Crippen LogP contribution >= 0.6 is 11.6 Å². The van der Waals surface area contributed by atoms with Gasteiger partial charge >= 0.3 is 0 Å². The molecule has 1 aromatic carbocycles. The standard InChI is InChI=1S/C16H21ClN2/c1-12(2)13-5-4-8-16(10-13,11-18)19-15-7-3-6-14(17)9-15/h3,6-7,9,12-13,19H,4-5,8,10H2,1-2H3. The van der Waals surface area contributed by atoms with Gasteiger partial charge in [-0.25, -0.2) is 0 Å². The lowest BCUT2D eigenvalue weighted by molar-refractivity contribution is 0.232. The third-order valence-electron chi connectivity index (χ3n) is 4.15. The lowest BCUT2D eigenvalue weighted by Crippen LogP contribution is -2.42. The molecule has 102 valence electrons. The maximum atomic E-state index is 9.63. The van der Waals surface area contributed by atoms with Gasteiger partial charge in [0.15, 0.2) is 0 Å². The summed E-state index contributed by atoms with van der Waals surface area (Å²) in [5, 5.41) is 13.8. The van der Waals surface area contributed by atoms with Crippen molar-refractivity contribution < 1.29 is 0 Å². The molecule has 0 aromatic heterocycles. The molecule has 1 aliphatic rings. The van der Waals surface area contributed by atoms with E-state index in [4.69, 9.17) is 11.6 Å². The second-order valence-corrected chi connectivity index (χ2v) is 6.37. The van der Waals surface area contributed by atoms with Crippen LogP contribution in [0.15, 0.2) is 24.3 Å². The largest absolute Gasteiger partial charge is 0.367 e. The van der Waals surface area contributed by atoms with Crippen molar-refractivity contribution in [2.24, 2.45) is 11.8 Å². The maximum Gasteiger partial charge on any atom is 0.125 e. The lowest BCUT2D eigenvalue weighted by atomic mass is 9.72. The summed E-state index contributed by atoms with van der Waals surface area (Å²) in [5.41, 5.74) is 0.510. The van der Waals surface area contributed by atoms with Gasteiger partial charge in [0.1, 0.15) is 5.54 Å². The van der Waals surface area contributed by atoms with Gasteiger partial charge < -0.3 is 5.32 Å². The molecule has 1 aromatic rings. The Hall–Kier alpha value is -1.20. The minimum Gasteiger partial charge on any atom is -0.367 e. The summed E-state index contributed by atoms with van der Waals surface area (Å²) in [4.78, 5) is 0. The molecule has 1 aliphatic carbocycles. The van der Waals surface area contributed by atoms with E-state index in [0.29, 0.717) is 16.9 Å². The fourth-order valence-corrected chi connectivity index (χ4v) is 3.16. The van der Waals surface area contributed by atoms with Crippen LogP contribution in [-0.2, 0) is 0 Å². The molecule has 0 spiro atoms. The first-order valence-electron chi connectivity index (χ1n) is 7.00. The highest BCUT2D eigenvalue weighted by Gasteiger charge is 2.37. The summed E-state index contributed by atoms with van der Waals surface area (Å²) in [7, 11) is 0. The van der Waals surface area contributed by atoms with Crippen molar-refractivity contribution in [1.82, 2.24) is 0 Å². The van der Waals surface area contributed by atoms with Crippen molar-refractivity contribution in [3.63, 3.8) is 0 Å². The van der Waals surface area contributed by atoms with E-state index in [-0.39, 0.29) is 0 Å². The Morgan fingerprint density at radius 1 is 1.47 bits per heavy atom. The molecule has 1 saturated carbocycles. The normalized spacial score (nSPS) is 27.0. The van der Waals surface area contributed by atoms with Crippen LogP contribution in [0, 0.1) is 23.2 Å². The molecule has 2 atom stereocenters. The maximum absolute atomic E-state index is 9.63. The van der Waals surface area contributed by atoms with Crippen molar-refractivity contribution in [2.75, 3.05) is 5.32 Å². The van der Waals surface area contributed by atoms with Gasteiger partial charge in [0.05, 0.1) is 6.07 Å². The molecule has 0 aliphatic heterocycles. The topological polar surface area (TPSA) is 35.8 Å². The van der Waals surface area contributed by atoms with E-state index in [9.17, 15) is 5.26 Å². The molecule has 19 heavy (non-hydrogen) atoms. The molecular weight excluding hydrogens is 256 g/mol. The van der Waals surface area contributed by atoms with Crippen molar-refractivity contribution in [2.45, 2.75) is 45.1 Å². The Kier molecular flexibility index (Phi) is 4.37. The van der Waals surface area contributed by atoms with Gasteiger partial charge in [-0.05, 0) is 55.7 Å². The van der Waals surface area contributed by atoms with Gasteiger partial charge in [0.2, 0.25) is 0 Å². The van der Waals surface area contributed by atoms with Gasteiger partial charge in [-0.1, -0.05) is 31.5 Å². The lowest BCUT2D eigenvalue weighted by Gasteiger charge is -2.38. The predicted molar refractivity (Wildman–Crippen MR) is 80.2 cm³/mol. The molecule has 0 radical (unpaired) electrons. The smallest absolute Gasteiger partial charge is 0.125 e. The van der Waals surface area contributed by atoms with Gasteiger partial charge in [-0.3, -0.25) is 0 Å². The zero-order valence-electron chi connectivity index (χ0n) is 11.6. The van der Waals surface area contributed by atoms with Crippen LogP contribution < -0.4 is 5.32 Å². The van der Waals surface area contributed by atoms with E-state index < -0.39 is 5.54 Å². The summed E-state index contributed by atoms with van der Waals surface area (Å²) in [6, 6.07) is 10.1. The Morgan fingerprint density at radius 3 is 2.89 bits per heavy atom. The highest BCUT2D eigenvalue weighted by molar-refractivity contribution is 6.30. The fourth-order valence-electron chi connectivity index (χ4n) is 2.97. The van der Waals surface area contributed by atoms with Crippen LogP contribution in [-0.4, -0.2) is 5.54 Å². The zero-order valence-corrected chi connectivity index (χ0v) is 12.4. The third-order valence-corrected chi connectivity index (χ3v) is 4.39. The summed E-state index contributed by atoms with van der Waals surface area (Å²) in [6.07, 6.45) is 4.19. The van der Waals surface area contributed by atoms with Crippen molar-refractivity contribution in [3.8, 4) is 6.07 Å². The first kappa shape index (κ1) is 14.2. The number of halogens is 1. The summed E-state index contributed by atoms with van der Waals surface area (Å²) in [6.45, 7) is 4.50. The van der Waals surface area contributed by atoms with Crippen molar-refractivity contribution >= 4 is 17.3 Å². The SMILES string of the molecule is CC(C)C1CCCC(C#N)(Nc2cccc(Cl)c2)C1. The number of anilines is 1. The van der Waals surface area contributed by atoms with E-state index in [0.717, 1.165) is 24.9 Å². The molecular formula is C16H21ClN2. The Balaban J connectivity index is 2.17. The number of nitrogens with zero attached hydrogens (tertiary/aromatic N) is 1. The van der Waals surface area contributed by atoms with Crippen LogP contribution in [0.5, 0.6) is 0 Å². The molecule has 2 rings (SSSR count). The molecule has 2 nitrogen and oxygen atoms in total. The highest BCUT2D eigenvalue weighted by atomic mass is 35.5. The first-order valence-corrected chi connectivity index (χ1v) is 7.37. The van der Waals surface area contributed by atoms with E-state index in [1.54, 1.807) is 0 Å². The second-order valence-electron chi connectivity index (χ2n) is 5.93. The Morgan fingerprint density at radius 2 is 2.26 bits per heavy atom. The number of rotatable bonds is 3. The van der Waals surface area contributed by atoms with E-state index in [2.05, 4.69) is 25.2 Å². The van der Waals surface area contributed by atoms with Gasteiger partial charge in [0.25, 0.3) is 0 Å². The predicted octanol–water partition coefficient (Wildman–Crippen LogP) is 4.86. The minimum atomic E-state index is -0.433. The van der Waals surface area contributed by atoms with Crippen LogP contribution in [0.3, 0.4) is 0 Å². The number of hydrogen-bond donors (Lipinski definition) is 1. The van der Waals surface area contributed by atoms with E-state index in [1.807, 2.05) is 24.3 Å². The summed E-state index contributed by atoms with van der Waals surface area (Å²) >= 11 is 6.01. The quantitative estimate of drug-likeness (QED) is 0.856. The molecule has 1 fully saturated rings. The molecule has 0 heterocycles. The summed E-state index contributed by atoms with van der Waals surface area (Å²) in [5.74, 6) is 1.26. The molecule has 0 bridgehead atoms. The average molecular weight is 277 g/mol. The Bertz CT molecular complexity index is 478. The van der Waals surface area contributed by atoms with Crippen LogP contribution in [0.4, 0.5) is 5.69 Å². The molecule has 0 saturated heterocycles. The molecule has 1 N–H and O–H groups in total. The fraction of sp³-hybridized carbons (Fsp3) is 0.562. The summed E-state index contributed by atoms with van der Waals surface area (Å²) < 4.78 is 0. The monoisotopic (exact) mass is 276 g/mol. The van der Waals surface area contributed by atoms with Crippen molar-refractivity contribution in [3.05, 3.63) is 29.3 Å². The number of hydrogen-bond acceptors (Lipinski definition) is 2. The van der Waals surface area contributed by atoms with E-state index >= 15 is 0 Å². The first-order chi connectivity index (χ1) is 9.04. The Labute approximate surface area is 120 Å². The second kappa shape index (κ2) is 5.84. The number of nitrogens with one attached hydrogen (secondary N) is 1. The minimum absolute atomic E-state index is 0.433. The molecule has 2 unspecified atom stereocenters.